The fourth-order valence-corrected chi connectivity index (χ4v) is 3.54. The van der Waals surface area contributed by atoms with E-state index >= 15 is 0 Å². The van der Waals surface area contributed by atoms with Crippen molar-refractivity contribution >= 4 is 23.1 Å². The van der Waals surface area contributed by atoms with Crippen LogP contribution >= 0.6 is 0 Å². The molecular weight excluding hydrogens is 409 g/mol. The van der Waals surface area contributed by atoms with Crippen LogP contribution in [0.4, 0.5) is 35.0 Å². The Morgan fingerprint density at radius 1 is 1.13 bits per heavy atom. The van der Waals surface area contributed by atoms with Crippen molar-refractivity contribution < 1.29 is 22.4 Å². The van der Waals surface area contributed by atoms with Crippen LogP contribution in [0.3, 0.4) is 0 Å². The number of carbonyl (C=O) groups is 1. The van der Waals surface area contributed by atoms with Gasteiger partial charge in [0, 0.05) is 16.7 Å². The molecule has 161 valence electrons. The Labute approximate surface area is 177 Å². The lowest BCUT2D eigenvalue weighted by molar-refractivity contribution is -0.143. The molecule has 0 saturated carbocycles. The average Bonchev–Trinajstić information content (AvgIpc) is 3.31. The second kappa shape index (κ2) is 7.04. The number of rotatable bonds is 2. The average molecular weight is 429 g/mol. The van der Waals surface area contributed by atoms with Crippen molar-refractivity contribution in [3.63, 3.8) is 0 Å². The number of fused-ring (bicyclic) bond motifs is 1. The van der Waals surface area contributed by atoms with Crippen molar-refractivity contribution in [1.82, 2.24) is 4.98 Å². The predicted molar refractivity (Wildman–Crippen MR) is 110 cm³/mol. The highest BCUT2D eigenvalue weighted by Gasteiger charge is 2.55. The van der Waals surface area contributed by atoms with Gasteiger partial charge < -0.3 is 15.1 Å². The quantitative estimate of drug-likeness (QED) is 0.595. The van der Waals surface area contributed by atoms with E-state index in [1.54, 1.807) is 12.3 Å². The Morgan fingerprint density at radius 3 is 2.35 bits per heavy atom. The molecule has 0 fully saturated rings. The normalized spacial score (nSPS) is 16.5. The first-order chi connectivity index (χ1) is 14.5. The smallest absolute Gasteiger partial charge is 0.428 e. The maximum absolute atomic E-state index is 14.1. The molecule has 1 aliphatic heterocycles. The summed E-state index contributed by atoms with van der Waals surface area (Å²) in [6, 6.07) is 12.1. The number of urea groups is 1. The van der Waals surface area contributed by atoms with E-state index in [0.717, 1.165) is 4.90 Å². The number of hydrogen-bond donors (Lipinski definition) is 1. The second-order valence-electron chi connectivity index (χ2n) is 8.23. The highest BCUT2D eigenvalue weighted by Crippen LogP contribution is 2.49. The van der Waals surface area contributed by atoms with Gasteiger partial charge in [0.25, 0.3) is 0 Å². The van der Waals surface area contributed by atoms with E-state index in [4.69, 9.17) is 10.2 Å². The number of amides is 2. The number of carbonyl (C=O) groups excluding carboxylic acids is 1. The number of halogens is 3. The van der Waals surface area contributed by atoms with E-state index < -0.39 is 18.4 Å². The first-order valence-electron chi connectivity index (χ1n) is 9.50. The standard InChI is InChI=1S/C22H20F3N4O2/c1-21(2,3)17-12-27-18(31-17)13-9-10-15-16(11-13)29(20(26)30)19(22(23,24)25)28(15)14-7-5-4-6-8-14/h5-12,19H,1-3H3,(H2,26,30). The zero-order valence-corrected chi connectivity index (χ0v) is 17.1. The van der Waals surface area contributed by atoms with Crippen LogP contribution in [0.15, 0.2) is 53.1 Å². The summed E-state index contributed by atoms with van der Waals surface area (Å²) in [5, 5.41) is 0. The molecule has 2 aromatic carbocycles. The zero-order chi connectivity index (χ0) is 22.6. The van der Waals surface area contributed by atoms with E-state index in [-0.39, 0.29) is 28.4 Å². The molecule has 0 spiro atoms. The molecule has 2 N–H and O–H groups in total. The van der Waals surface area contributed by atoms with E-state index in [0.29, 0.717) is 16.2 Å². The Balaban J connectivity index is 1.88. The Morgan fingerprint density at radius 2 is 1.81 bits per heavy atom. The van der Waals surface area contributed by atoms with Crippen LogP contribution in [-0.2, 0) is 5.41 Å². The van der Waals surface area contributed by atoms with Crippen LogP contribution in [0.25, 0.3) is 11.5 Å². The molecule has 4 rings (SSSR count). The third-order valence-electron chi connectivity index (χ3n) is 4.98. The summed E-state index contributed by atoms with van der Waals surface area (Å²) in [6.45, 7) is 5.87. The van der Waals surface area contributed by atoms with E-state index in [1.165, 1.54) is 36.4 Å². The molecule has 31 heavy (non-hydrogen) atoms. The summed E-state index contributed by atoms with van der Waals surface area (Å²) in [6.07, 6.45) is -5.47. The van der Waals surface area contributed by atoms with Crippen molar-refractivity contribution in [2.24, 2.45) is 5.73 Å². The summed E-state index contributed by atoms with van der Waals surface area (Å²) in [5.41, 5.74) is 6.02. The van der Waals surface area contributed by atoms with Gasteiger partial charge in [-0.15, -0.1) is 0 Å². The van der Waals surface area contributed by atoms with Gasteiger partial charge >= 0.3 is 12.2 Å². The highest BCUT2D eigenvalue weighted by atomic mass is 19.4. The Bertz CT molecular complexity index is 1120. The molecular formula is C22H20F3N4O2. The molecule has 0 bridgehead atoms. The predicted octanol–water partition coefficient (Wildman–Crippen LogP) is 5.36. The van der Waals surface area contributed by atoms with Crippen LogP contribution in [-0.4, -0.2) is 23.4 Å². The fourth-order valence-electron chi connectivity index (χ4n) is 3.54. The molecule has 1 atom stereocenters. The zero-order valence-electron chi connectivity index (χ0n) is 17.1. The van der Waals surface area contributed by atoms with Gasteiger partial charge in [-0.05, 0) is 36.4 Å². The number of oxazole rings is 1. The molecule has 0 aliphatic carbocycles. The molecule has 3 aromatic rings. The minimum absolute atomic E-state index is 0.0238. The van der Waals surface area contributed by atoms with Crippen LogP contribution in [0.2, 0.25) is 0 Å². The summed E-state index contributed by atoms with van der Waals surface area (Å²) >= 11 is 0. The first-order valence-corrected chi connectivity index (χ1v) is 9.50. The van der Waals surface area contributed by atoms with Crippen LogP contribution in [0.1, 0.15) is 26.5 Å². The van der Waals surface area contributed by atoms with Gasteiger partial charge in [-0.25, -0.2) is 9.78 Å². The largest absolute Gasteiger partial charge is 0.441 e. The monoisotopic (exact) mass is 429 g/mol. The van der Waals surface area contributed by atoms with Gasteiger partial charge in [-0.2, -0.15) is 13.2 Å². The number of benzene rings is 2. The van der Waals surface area contributed by atoms with Crippen LogP contribution < -0.4 is 15.5 Å². The second-order valence-corrected chi connectivity index (χ2v) is 8.23. The topological polar surface area (TPSA) is 75.6 Å². The molecule has 1 unspecified atom stereocenters. The van der Waals surface area contributed by atoms with Crippen molar-refractivity contribution in [2.45, 2.75) is 38.5 Å². The molecule has 9 heteroatoms. The lowest BCUT2D eigenvalue weighted by Gasteiger charge is -2.32. The summed E-state index contributed by atoms with van der Waals surface area (Å²) in [4.78, 5) is 18.0. The summed E-state index contributed by atoms with van der Waals surface area (Å²) in [7, 11) is 0. The number of nitrogens with two attached hydrogens (primary N) is 1. The first kappa shape index (κ1) is 20.8. The lowest BCUT2D eigenvalue weighted by Crippen LogP contribution is -2.55. The number of nitrogens with zero attached hydrogens (tertiary/aromatic N) is 3. The third kappa shape index (κ3) is 3.60. The summed E-state index contributed by atoms with van der Waals surface area (Å²) < 4.78 is 48.1. The van der Waals surface area contributed by atoms with Gasteiger partial charge in [-0.3, -0.25) is 4.90 Å². The third-order valence-corrected chi connectivity index (χ3v) is 4.98. The van der Waals surface area contributed by atoms with Crippen molar-refractivity contribution in [1.29, 1.82) is 0 Å². The number of hydrogen-bond acceptors (Lipinski definition) is 4. The number of primary amides is 1. The molecule has 0 saturated heterocycles. The molecule has 1 aliphatic rings. The molecule has 1 radical (unpaired) electrons. The minimum atomic E-state index is -4.77. The van der Waals surface area contributed by atoms with E-state index in [1.807, 2.05) is 20.8 Å². The maximum Gasteiger partial charge on any atom is 0.428 e. The number of aromatic nitrogens is 1. The summed E-state index contributed by atoms with van der Waals surface area (Å²) in [5.74, 6) is 0.874. The SMILES string of the molecule is CC(C)(C)c1cnc(-c2ccc3c(c2)N(C(N)=O)C(C(F)(F)F)N3c2cc[c]cc2)o1. The lowest BCUT2D eigenvalue weighted by atomic mass is 9.94. The number of alkyl halides is 3. The highest BCUT2D eigenvalue weighted by molar-refractivity contribution is 6.01. The van der Waals surface area contributed by atoms with Crippen molar-refractivity contribution in [3.05, 3.63) is 60.5 Å². The van der Waals surface area contributed by atoms with E-state index in [2.05, 4.69) is 11.1 Å². The van der Waals surface area contributed by atoms with Gasteiger partial charge in [0.2, 0.25) is 12.1 Å². The molecule has 2 amide bonds. The van der Waals surface area contributed by atoms with Crippen LogP contribution in [0.5, 0.6) is 0 Å². The molecule has 6 nitrogen and oxygen atoms in total. The molecule has 1 aromatic heterocycles. The fraction of sp³-hybridized carbons (Fsp3) is 0.273. The van der Waals surface area contributed by atoms with Gasteiger partial charge in [0.1, 0.15) is 5.76 Å². The van der Waals surface area contributed by atoms with Gasteiger partial charge in [-0.1, -0.05) is 32.9 Å². The minimum Gasteiger partial charge on any atom is -0.441 e. The Hall–Kier alpha value is -3.49. The molecule has 2 heterocycles. The van der Waals surface area contributed by atoms with Crippen molar-refractivity contribution in [3.8, 4) is 11.5 Å². The van der Waals surface area contributed by atoms with Gasteiger partial charge in [0.15, 0.2) is 0 Å². The maximum atomic E-state index is 14.1. The van der Waals surface area contributed by atoms with Gasteiger partial charge in [0.05, 0.1) is 17.6 Å². The Kier molecular flexibility index (Phi) is 4.72. The van der Waals surface area contributed by atoms with Crippen LogP contribution in [0, 0.1) is 6.07 Å². The van der Waals surface area contributed by atoms with Crippen molar-refractivity contribution in [2.75, 3.05) is 9.80 Å². The van der Waals surface area contributed by atoms with E-state index in [9.17, 15) is 18.0 Å². The number of anilines is 3.